The second-order valence-corrected chi connectivity index (χ2v) is 5.96. The fourth-order valence-electron chi connectivity index (χ4n) is 2.04. The third kappa shape index (κ3) is 2.44. The summed E-state index contributed by atoms with van der Waals surface area (Å²) in [7, 11) is 0. The second-order valence-electron chi connectivity index (χ2n) is 4.55. The first-order chi connectivity index (χ1) is 9.13. The van der Waals surface area contributed by atoms with Crippen molar-refractivity contribution in [2.45, 2.75) is 13.8 Å². The summed E-state index contributed by atoms with van der Waals surface area (Å²) in [5, 5.41) is 4.99. The molecule has 0 fully saturated rings. The highest BCUT2D eigenvalue weighted by Gasteiger charge is 2.07. The van der Waals surface area contributed by atoms with Crippen molar-refractivity contribution in [3.63, 3.8) is 0 Å². The van der Waals surface area contributed by atoms with Gasteiger partial charge in [0.1, 0.15) is 0 Å². The quantitative estimate of drug-likeness (QED) is 0.691. The van der Waals surface area contributed by atoms with Crippen molar-refractivity contribution >= 4 is 44.0 Å². The van der Waals surface area contributed by atoms with Crippen LogP contribution in [0, 0.1) is 13.8 Å². The van der Waals surface area contributed by atoms with Crippen LogP contribution < -0.4 is 5.32 Å². The van der Waals surface area contributed by atoms with Gasteiger partial charge in [0.25, 0.3) is 0 Å². The molecule has 1 N–H and O–H groups in total. The van der Waals surface area contributed by atoms with Gasteiger partial charge in [0.15, 0.2) is 5.13 Å². The Bertz CT molecular complexity index is 749. The molecule has 0 atom stereocenters. The number of thiazole rings is 1. The zero-order valence-corrected chi connectivity index (χ0v) is 12.3. The van der Waals surface area contributed by atoms with E-state index in [1.807, 2.05) is 18.2 Å². The van der Waals surface area contributed by atoms with Gasteiger partial charge in [-0.25, -0.2) is 4.98 Å². The molecule has 0 bridgehead atoms. The van der Waals surface area contributed by atoms with E-state index in [0.29, 0.717) is 0 Å². The van der Waals surface area contributed by atoms with Crippen LogP contribution in [0.15, 0.2) is 36.4 Å². The first-order valence-electron chi connectivity index (χ1n) is 6.03. The number of benzene rings is 2. The van der Waals surface area contributed by atoms with Crippen LogP contribution in [0.25, 0.3) is 10.2 Å². The molecule has 0 unspecified atom stereocenters. The van der Waals surface area contributed by atoms with Crippen LogP contribution in [0.5, 0.6) is 0 Å². The van der Waals surface area contributed by atoms with E-state index in [4.69, 9.17) is 11.6 Å². The molecule has 0 amide bonds. The second kappa shape index (κ2) is 4.83. The number of fused-ring (bicyclic) bond motifs is 1. The van der Waals surface area contributed by atoms with Crippen molar-refractivity contribution in [1.29, 1.82) is 0 Å². The van der Waals surface area contributed by atoms with E-state index in [0.717, 1.165) is 26.1 Å². The lowest BCUT2D eigenvalue weighted by Crippen LogP contribution is -1.92. The van der Waals surface area contributed by atoms with Crippen molar-refractivity contribution in [1.82, 2.24) is 4.98 Å². The van der Waals surface area contributed by atoms with Crippen molar-refractivity contribution in [2.24, 2.45) is 0 Å². The molecule has 0 aliphatic rings. The van der Waals surface area contributed by atoms with Gasteiger partial charge in [0, 0.05) is 5.69 Å². The minimum Gasteiger partial charge on any atom is -0.331 e. The standard InChI is InChI=1S/C15H13ClN2S/c1-9-6-7-12(10(2)8-9)17-15-18-13-5-3-4-11(16)14(13)19-15/h3-8H,1-2H3,(H,17,18). The first-order valence-corrected chi connectivity index (χ1v) is 7.22. The number of rotatable bonds is 2. The molecule has 0 saturated heterocycles. The maximum Gasteiger partial charge on any atom is 0.188 e. The molecular weight excluding hydrogens is 276 g/mol. The Morgan fingerprint density at radius 3 is 2.74 bits per heavy atom. The number of halogens is 1. The van der Waals surface area contributed by atoms with Crippen LogP contribution in [0.4, 0.5) is 10.8 Å². The molecule has 0 radical (unpaired) electrons. The average molecular weight is 289 g/mol. The van der Waals surface area contributed by atoms with E-state index in [-0.39, 0.29) is 0 Å². The fraction of sp³-hybridized carbons (Fsp3) is 0.133. The van der Waals surface area contributed by atoms with Gasteiger partial charge in [-0.2, -0.15) is 0 Å². The largest absolute Gasteiger partial charge is 0.331 e. The Morgan fingerprint density at radius 1 is 1.16 bits per heavy atom. The monoisotopic (exact) mass is 288 g/mol. The molecule has 0 aliphatic heterocycles. The SMILES string of the molecule is Cc1ccc(Nc2nc3cccc(Cl)c3s2)c(C)c1. The van der Waals surface area contributed by atoms with Crippen LogP contribution in [0.2, 0.25) is 5.02 Å². The minimum atomic E-state index is 0.753. The number of nitrogens with zero attached hydrogens (tertiary/aromatic N) is 1. The van der Waals surface area contributed by atoms with Gasteiger partial charge in [-0.3, -0.25) is 0 Å². The van der Waals surface area contributed by atoms with Gasteiger partial charge >= 0.3 is 0 Å². The van der Waals surface area contributed by atoms with Gasteiger partial charge in [-0.15, -0.1) is 0 Å². The molecule has 4 heteroatoms. The van der Waals surface area contributed by atoms with Gasteiger partial charge in [0.05, 0.1) is 15.2 Å². The summed E-state index contributed by atoms with van der Waals surface area (Å²) in [6.07, 6.45) is 0. The summed E-state index contributed by atoms with van der Waals surface area (Å²) in [6, 6.07) is 12.1. The zero-order valence-electron chi connectivity index (χ0n) is 10.7. The van der Waals surface area contributed by atoms with Crippen LogP contribution >= 0.6 is 22.9 Å². The molecule has 19 heavy (non-hydrogen) atoms. The van der Waals surface area contributed by atoms with E-state index in [9.17, 15) is 0 Å². The molecule has 96 valence electrons. The Kier molecular flexibility index (Phi) is 3.17. The maximum absolute atomic E-state index is 6.17. The zero-order chi connectivity index (χ0) is 13.4. The third-order valence-electron chi connectivity index (χ3n) is 2.99. The van der Waals surface area contributed by atoms with Crippen LogP contribution in [0.3, 0.4) is 0 Å². The lowest BCUT2D eigenvalue weighted by Gasteiger charge is -2.07. The van der Waals surface area contributed by atoms with Crippen molar-refractivity contribution in [3.8, 4) is 0 Å². The summed E-state index contributed by atoms with van der Waals surface area (Å²) < 4.78 is 1.02. The Hall–Kier alpha value is -1.58. The van der Waals surface area contributed by atoms with E-state index < -0.39 is 0 Å². The topological polar surface area (TPSA) is 24.9 Å². The number of anilines is 2. The lowest BCUT2D eigenvalue weighted by molar-refractivity contribution is 1.35. The number of aryl methyl sites for hydroxylation is 2. The molecule has 0 aliphatic carbocycles. The van der Waals surface area contributed by atoms with E-state index in [2.05, 4.69) is 42.3 Å². The van der Waals surface area contributed by atoms with Gasteiger partial charge < -0.3 is 5.32 Å². The van der Waals surface area contributed by atoms with Crippen LogP contribution in [0.1, 0.15) is 11.1 Å². The van der Waals surface area contributed by atoms with E-state index in [1.165, 1.54) is 11.1 Å². The maximum atomic E-state index is 6.17. The molecule has 1 aromatic heterocycles. The Labute approximate surface area is 121 Å². The van der Waals surface area contributed by atoms with Gasteiger partial charge in [-0.1, -0.05) is 46.7 Å². The predicted molar refractivity (Wildman–Crippen MR) is 83.8 cm³/mol. The first kappa shape index (κ1) is 12.5. The summed E-state index contributed by atoms with van der Waals surface area (Å²) in [4.78, 5) is 4.56. The van der Waals surface area contributed by atoms with Gasteiger partial charge in [-0.05, 0) is 37.6 Å². The summed E-state index contributed by atoms with van der Waals surface area (Å²) in [5.74, 6) is 0. The number of hydrogen-bond acceptors (Lipinski definition) is 3. The Balaban J connectivity index is 1.99. The normalized spacial score (nSPS) is 10.9. The summed E-state index contributed by atoms with van der Waals surface area (Å²) in [6.45, 7) is 4.18. The average Bonchev–Trinajstić information content (AvgIpc) is 2.77. The van der Waals surface area contributed by atoms with Crippen molar-refractivity contribution in [3.05, 3.63) is 52.5 Å². The highest BCUT2D eigenvalue weighted by Crippen LogP contribution is 2.33. The minimum absolute atomic E-state index is 0.753. The highest BCUT2D eigenvalue weighted by molar-refractivity contribution is 7.22. The third-order valence-corrected chi connectivity index (χ3v) is 4.44. The molecule has 3 aromatic rings. The van der Waals surface area contributed by atoms with Gasteiger partial charge in [0.2, 0.25) is 0 Å². The van der Waals surface area contributed by atoms with Crippen molar-refractivity contribution < 1.29 is 0 Å². The fourth-order valence-corrected chi connectivity index (χ4v) is 3.21. The molecule has 3 rings (SSSR count). The molecule has 1 heterocycles. The smallest absolute Gasteiger partial charge is 0.188 e. The van der Waals surface area contributed by atoms with E-state index in [1.54, 1.807) is 11.3 Å². The summed E-state index contributed by atoms with van der Waals surface area (Å²) in [5.41, 5.74) is 4.49. The van der Waals surface area contributed by atoms with Crippen LogP contribution in [-0.2, 0) is 0 Å². The predicted octanol–water partition coefficient (Wildman–Crippen LogP) is 5.31. The molecule has 0 saturated carbocycles. The van der Waals surface area contributed by atoms with E-state index >= 15 is 0 Å². The summed E-state index contributed by atoms with van der Waals surface area (Å²) >= 11 is 7.75. The lowest BCUT2D eigenvalue weighted by atomic mass is 10.1. The Morgan fingerprint density at radius 2 is 2.00 bits per heavy atom. The highest BCUT2D eigenvalue weighted by atomic mass is 35.5. The molecule has 2 aromatic carbocycles. The number of hydrogen-bond donors (Lipinski definition) is 1. The molecule has 0 spiro atoms. The molecular formula is C15H13ClN2S. The van der Waals surface area contributed by atoms with Crippen molar-refractivity contribution in [2.75, 3.05) is 5.32 Å². The van der Waals surface area contributed by atoms with Crippen LogP contribution in [-0.4, -0.2) is 4.98 Å². The molecule has 2 nitrogen and oxygen atoms in total. The number of aromatic nitrogens is 1. The number of nitrogens with one attached hydrogen (secondary N) is 1.